The van der Waals surface area contributed by atoms with Crippen molar-refractivity contribution >= 4 is 17.8 Å². The Labute approximate surface area is 186 Å². The summed E-state index contributed by atoms with van der Waals surface area (Å²) in [6.07, 6.45) is 4.09. The van der Waals surface area contributed by atoms with Crippen LogP contribution in [0.4, 0.5) is 10.6 Å². The van der Waals surface area contributed by atoms with Gasteiger partial charge >= 0.3 is 6.03 Å². The smallest absolute Gasteiger partial charge is 0.323 e. The van der Waals surface area contributed by atoms with E-state index in [4.69, 9.17) is 4.74 Å². The van der Waals surface area contributed by atoms with Gasteiger partial charge in [-0.2, -0.15) is 0 Å². The van der Waals surface area contributed by atoms with Crippen molar-refractivity contribution in [2.24, 2.45) is 0 Å². The molecule has 3 amide bonds. The minimum absolute atomic E-state index is 0.0169. The van der Waals surface area contributed by atoms with Gasteiger partial charge in [-0.15, -0.1) is 10.2 Å². The van der Waals surface area contributed by atoms with Gasteiger partial charge in [0, 0.05) is 19.6 Å². The molecule has 32 heavy (non-hydrogen) atoms. The van der Waals surface area contributed by atoms with Gasteiger partial charge in [-0.05, 0) is 62.0 Å². The Kier molecular flexibility index (Phi) is 5.75. The number of aromatic nitrogens is 2. The molecule has 1 aromatic carbocycles. The first-order chi connectivity index (χ1) is 15.6. The highest BCUT2D eigenvalue weighted by atomic mass is 16.5. The van der Waals surface area contributed by atoms with Crippen LogP contribution >= 0.6 is 0 Å². The van der Waals surface area contributed by atoms with Gasteiger partial charge in [-0.25, -0.2) is 4.79 Å². The summed E-state index contributed by atoms with van der Waals surface area (Å²) in [4.78, 5) is 26.7. The summed E-state index contributed by atoms with van der Waals surface area (Å²) in [5.41, 5.74) is 2.50. The first-order valence-corrected chi connectivity index (χ1v) is 11.2. The number of ether oxygens (including phenoxy) is 1. The lowest BCUT2D eigenvalue weighted by molar-refractivity contribution is -0.0576. The van der Waals surface area contributed by atoms with Crippen LogP contribution in [-0.2, 0) is 17.8 Å². The van der Waals surface area contributed by atoms with E-state index in [1.807, 2.05) is 24.3 Å². The van der Waals surface area contributed by atoms with Crippen LogP contribution in [-0.4, -0.2) is 58.4 Å². The van der Waals surface area contributed by atoms with Crippen molar-refractivity contribution in [2.75, 3.05) is 25.0 Å². The zero-order valence-electron chi connectivity index (χ0n) is 18.0. The van der Waals surface area contributed by atoms with Crippen LogP contribution < -0.4 is 16.0 Å². The molecule has 5 rings (SSSR count). The molecular weight excluding hydrogens is 408 g/mol. The van der Waals surface area contributed by atoms with Gasteiger partial charge in [-0.1, -0.05) is 24.3 Å². The quantitative estimate of drug-likeness (QED) is 0.677. The number of piperidine rings is 1. The van der Waals surface area contributed by atoms with Gasteiger partial charge in [0.05, 0.1) is 11.7 Å². The summed E-state index contributed by atoms with van der Waals surface area (Å²) < 4.78 is 6.27. The lowest BCUT2D eigenvalue weighted by atomic mass is 9.89. The molecule has 2 aromatic rings. The van der Waals surface area contributed by atoms with Crippen LogP contribution in [0, 0.1) is 0 Å². The highest BCUT2D eigenvalue weighted by Gasteiger charge is 2.40. The molecule has 1 atom stereocenters. The Morgan fingerprint density at radius 1 is 1.06 bits per heavy atom. The molecule has 1 unspecified atom stereocenters. The Morgan fingerprint density at radius 3 is 2.50 bits per heavy atom. The molecule has 3 aliphatic rings. The number of hydrogen-bond donors (Lipinski definition) is 3. The Morgan fingerprint density at radius 2 is 1.81 bits per heavy atom. The SMILES string of the molecule is O=C(NCC1CCC2(CCNCC2)O1)c1ccc(NC(=O)N2Cc3ccccc3C2)nn1. The third-order valence-electron chi connectivity index (χ3n) is 6.60. The van der Waals surface area contributed by atoms with Gasteiger partial charge in [0.1, 0.15) is 0 Å². The topological polar surface area (TPSA) is 108 Å². The third-order valence-corrected chi connectivity index (χ3v) is 6.60. The van der Waals surface area contributed by atoms with E-state index in [0.29, 0.717) is 25.5 Å². The maximum atomic E-state index is 12.5. The van der Waals surface area contributed by atoms with Gasteiger partial charge in [0.15, 0.2) is 11.5 Å². The number of benzene rings is 1. The van der Waals surface area contributed by atoms with Gasteiger partial charge in [0.25, 0.3) is 5.91 Å². The van der Waals surface area contributed by atoms with E-state index in [2.05, 4.69) is 26.1 Å². The summed E-state index contributed by atoms with van der Waals surface area (Å²) in [7, 11) is 0. The standard InChI is InChI=1S/C23H28N6O3/c30-21(25-13-18-7-8-23(32-18)9-11-24-12-10-23)19-5-6-20(28-27-19)26-22(31)29-14-16-3-1-2-4-17(16)15-29/h1-6,18,24H,7-15H2,(H,25,30)(H,26,28,31). The number of carbonyl (C=O) groups excluding carboxylic acids is 2. The molecule has 0 radical (unpaired) electrons. The summed E-state index contributed by atoms with van der Waals surface area (Å²) in [6, 6.07) is 10.9. The molecule has 3 aliphatic heterocycles. The van der Waals surface area contributed by atoms with Gasteiger partial charge in [0.2, 0.25) is 0 Å². The van der Waals surface area contributed by atoms with Gasteiger partial charge < -0.3 is 20.3 Å². The lowest BCUT2D eigenvalue weighted by Crippen LogP contribution is -2.43. The molecule has 1 aromatic heterocycles. The normalized spacial score (nSPS) is 21.4. The predicted octanol–water partition coefficient (Wildman–Crippen LogP) is 2.06. The zero-order valence-corrected chi connectivity index (χ0v) is 18.0. The van der Waals surface area contributed by atoms with Crippen LogP contribution in [0.5, 0.6) is 0 Å². The largest absolute Gasteiger partial charge is 0.370 e. The number of amides is 3. The average Bonchev–Trinajstić information content (AvgIpc) is 3.43. The Hall–Kier alpha value is -3.04. The van der Waals surface area contributed by atoms with E-state index in [1.54, 1.807) is 17.0 Å². The van der Waals surface area contributed by atoms with E-state index < -0.39 is 0 Å². The van der Waals surface area contributed by atoms with Crippen molar-refractivity contribution in [1.29, 1.82) is 0 Å². The number of hydrogen-bond acceptors (Lipinski definition) is 6. The van der Waals surface area contributed by atoms with Crippen LogP contribution in [0.2, 0.25) is 0 Å². The molecule has 4 heterocycles. The van der Waals surface area contributed by atoms with Crippen molar-refractivity contribution in [2.45, 2.75) is 50.5 Å². The molecule has 0 bridgehead atoms. The molecule has 0 saturated carbocycles. The zero-order chi connectivity index (χ0) is 22.0. The molecular formula is C23H28N6O3. The third kappa shape index (κ3) is 4.44. The summed E-state index contributed by atoms with van der Waals surface area (Å²) in [5.74, 6) is 0.0229. The number of anilines is 1. The van der Waals surface area contributed by atoms with Crippen LogP contribution in [0.3, 0.4) is 0 Å². The van der Waals surface area contributed by atoms with Crippen molar-refractivity contribution < 1.29 is 14.3 Å². The number of carbonyl (C=O) groups is 2. The highest BCUT2D eigenvalue weighted by molar-refractivity contribution is 5.93. The van der Waals surface area contributed by atoms with E-state index in [9.17, 15) is 9.59 Å². The van der Waals surface area contributed by atoms with Crippen molar-refractivity contribution in [3.63, 3.8) is 0 Å². The monoisotopic (exact) mass is 436 g/mol. The van der Waals surface area contributed by atoms with E-state index in [0.717, 1.165) is 49.9 Å². The van der Waals surface area contributed by atoms with Crippen molar-refractivity contribution in [1.82, 2.24) is 25.7 Å². The minimum atomic E-state index is -0.291. The number of nitrogens with zero attached hydrogens (tertiary/aromatic N) is 3. The maximum Gasteiger partial charge on any atom is 0.323 e. The number of nitrogens with one attached hydrogen (secondary N) is 3. The van der Waals surface area contributed by atoms with Crippen molar-refractivity contribution in [3.8, 4) is 0 Å². The molecule has 168 valence electrons. The molecule has 9 heteroatoms. The first-order valence-electron chi connectivity index (χ1n) is 11.2. The second-order valence-electron chi connectivity index (χ2n) is 8.78. The van der Waals surface area contributed by atoms with Crippen LogP contribution in [0.15, 0.2) is 36.4 Å². The average molecular weight is 437 g/mol. The molecule has 0 aliphatic carbocycles. The van der Waals surface area contributed by atoms with Crippen LogP contribution in [0.25, 0.3) is 0 Å². The molecule has 2 saturated heterocycles. The fourth-order valence-corrected chi connectivity index (χ4v) is 4.77. The predicted molar refractivity (Wildman–Crippen MR) is 118 cm³/mol. The molecule has 9 nitrogen and oxygen atoms in total. The Bertz CT molecular complexity index is 964. The first kappa shape index (κ1) is 20.8. The summed E-state index contributed by atoms with van der Waals surface area (Å²) >= 11 is 0. The summed E-state index contributed by atoms with van der Waals surface area (Å²) in [5, 5.41) is 17.0. The lowest BCUT2D eigenvalue weighted by Gasteiger charge is -2.33. The molecule has 3 N–H and O–H groups in total. The maximum absolute atomic E-state index is 12.5. The van der Waals surface area contributed by atoms with E-state index in [-0.39, 0.29) is 29.3 Å². The Balaban J connectivity index is 1.10. The fourth-order valence-electron chi connectivity index (χ4n) is 4.77. The second-order valence-corrected chi connectivity index (χ2v) is 8.78. The number of rotatable bonds is 4. The number of fused-ring (bicyclic) bond motifs is 1. The van der Waals surface area contributed by atoms with Crippen molar-refractivity contribution in [3.05, 3.63) is 53.2 Å². The highest BCUT2D eigenvalue weighted by Crippen LogP contribution is 2.37. The fraction of sp³-hybridized carbons (Fsp3) is 0.478. The number of urea groups is 1. The molecule has 1 spiro atoms. The minimum Gasteiger partial charge on any atom is -0.370 e. The summed E-state index contributed by atoms with van der Waals surface area (Å²) in [6.45, 7) is 3.57. The van der Waals surface area contributed by atoms with E-state index in [1.165, 1.54) is 0 Å². The van der Waals surface area contributed by atoms with Crippen LogP contribution in [0.1, 0.15) is 47.3 Å². The van der Waals surface area contributed by atoms with E-state index >= 15 is 0 Å². The molecule has 2 fully saturated rings. The van der Waals surface area contributed by atoms with Gasteiger partial charge in [-0.3, -0.25) is 10.1 Å². The second kappa shape index (κ2) is 8.84.